The fourth-order valence-corrected chi connectivity index (χ4v) is 9.43. The first-order chi connectivity index (χ1) is 28.1. The molecule has 1 aromatic carbocycles. The molecule has 2 heterocycles. The minimum atomic E-state index is -0.881. The Morgan fingerprint density at radius 2 is 1.83 bits per heavy atom. The molecule has 1 fully saturated rings. The summed E-state index contributed by atoms with van der Waals surface area (Å²) in [6, 6.07) is 9.44. The molecule has 3 aromatic rings. The van der Waals surface area contributed by atoms with Crippen LogP contribution < -0.4 is 26.8 Å². The number of benzene rings is 1. The Balaban J connectivity index is 1.09. The number of phenolic OH excluding ortho intramolecular Hbond substituents is 1. The fraction of sp³-hybridized carbons (Fsp3) is 0.674. The number of nitrogens with zero attached hydrogens (tertiary/aromatic N) is 1. The Morgan fingerprint density at radius 3 is 2.60 bits per heavy atom. The highest BCUT2D eigenvalue weighted by Gasteiger charge is 2.38. The summed E-state index contributed by atoms with van der Waals surface area (Å²) in [6.07, 6.45) is 14.5. The lowest BCUT2D eigenvalue weighted by molar-refractivity contribution is 0.103. The molecule has 0 radical (unpaired) electrons. The van der Waals surface area contributed by atoms with Gasteiger partial charge in [0.15, 0.2) is 17.5 Å². The molecule has 2 aromatic heterocycles. The van der Waals surface area contributed by atoms with Crippen molar-refractivity contribution in [3.05, 3.63) is 69.9 Å². The van der Waals surface area contributed by atoms with Gasteiger partial charge in [0.25, 0.3) is 0 Å². The number of aliphatic hydroxyl groups is 3. The number of furan rings is 1. The first kappa shape index (κ1) is 45.5. The summed E-state index contributed by atoms with van der Waals surface area (Å²) >= 11 is 0. The van der Waals surface area contributed by atoms with Crippen LogP contribution in [0.15, 0.2) is 39.7 Å². The Labute approximate surface area is 346 Å². The van der Waals surface area contributed by atoms with Gasteiger partial charge in [-0.3, -0.25) is 4.99 Å². The van der Waals surface area contributed by atoms with Gasteiger partial charge in [-0.05, 0) is 117 Å². The number of nitrogens with one attached hydrogen (secondary N) is 3. The van der Waals surface area contributed by atoms with Crippen LogP contribution in [0.4, 0.5) is 0 Å². The molecule has 0 amide bonds. The highest BCUT2D eigenvalue weighted by atomic mass is 16.5. The molecule has 58 heavy (non-hydrogen) atoms. The zero-order chi connectivity index (χ0) is 41.4. The minimum absolute atomic E-state index is 0.00382. The van der Waals surface area contributed by atoms with E-state index < -0.39 is 12.2 Å². The number of phenols is 1. The molecule has 0 aliphatic heterocycles. The SMILES string of the molecule is CN=C(N)NC[C@H](C)CCC[C@H](CCN)CCCCc1oc(CCc2ccc(O)c(OC[C@H](O)c3cc4c([nH]3)CC[C@H]3CCC[C@@H]3[C@H]4CNC[C@H](C)O)c2)cc1CO. The van der Waals surface area contributed by atoms with E-state index in [2.05, 4.69) is 33.6 Å². The molecule has 324 valence electrons. The molecule has 2 aliphatic rings. The monoisotopic (exact) mass is 807 g/mol. The smallest absolute Gasteiger partial charge is 0.188 e. The first-order valence-corrected chi connectivity index (χ1v) is 22.2. The molecule has 1 saturated carbocycles. The number of guanidine groups is 1. The summed E-state index contributed by atoms with van der Waals surface area (Å²) in [4.78, 5) is 7.50. The van der Waals surface area contributed by atoms with Crippen molar-refractivity contribution in [2.45, 2.75) is 135 Å². The van der Waals surface area contributed by atoms with E-state index in [0.29, 0.717) is 61.3 Å². The predicted molar refractivity (Wildman–Crippen MR) is 231 cm³/mol. The van der Waals surface area contributed by atoms with Crippen molar-refractivity contribution in [1.82, 2.24) is 15.6 Å². The molecule has 0 bridgehead atoms. The summed E-state index contributed by atoms with van der Waals surface area (Å²) in [5.41, 5.74) is 16.8. The number of ether oxygens (including phenoxy) is 1. The van der Waals surface area contributed by atoms with Crippen LogP contribution in [0.3, 0.4) is 0 Å². The van der Waals surface area contributed by atoms with Crippen molar-refractivity contribution in [2.75, 3.05) is 39.8 Å². The van der Waals surface area contributed by atoms with Crippen LogP contribution >= 0.6 is 0 Å². The van der Waals surface area contributed by atoms with E-state index in [4.69, 9.17) is 20.6 Å². The number of aryl methyl sites for hydroxylation is 4. The van der Waals surface area contributed by atoms with Gasteiger partial charge in [-0.1, -0.05) is 51.5 Å². The quantitative estimate of drug-likeness (QED) is 0.0272. The van der Waals surface area contributed by atoms with E-state index in [0.717, 1.165) is 98.7 Å². The van der Waals surface area contributed by atoms with E-state index in [9.17, 15) is 20.4 Å². The lowest BCUT2D eigenvalue weighted by atomic mass is 9.80. The maximum Gasteiger partial charge on any atom is 0.188 e. The number of aliphatic imine (C=N–C) groups is 1. The van der Waals surface area contributed by atoms with Crippen molar-refractivity contribution in [3.8, 4) is 11.5 Å². The number of aromatic amines is 1. The molecule has 7 atom stereocenters. The second-order valence-corrected chi connectivity index (χ2v) is 17.3. The third-order valence-electron chi connectivity index (χ3n) is 12.7. The van der Waals surface area contributed by atoms with Gasteiger partial charge in [0.2, 0.25) is 0 Å². The fourth-order valence-electron chi connectivity index (χ4n) is 9.43. The van der Waals surface area contributed by atoms with Gasteiger partial charge in [-0.15, -0.1) is 0 Å². The van der Waals surface area contributed by atoms with Crippen molar-refractivity contribution in [2.24, 2.45) is 40.1 Å². The number of hydrogen-bond donors (Lipinski definition) is 9. The van der Waals surface area contributed by atoms with E-state index in [-0.39, 0.29) is 19.0 Å². The van der Waals surface area contributed by atoms with Crippen LogP contribution in [0, 0.1) is 23.7 Å². The van der Waals surface area contributed by atoms with Crippen LogP contribution in [0.5, 0.6) is 11.5 Å². The highest BCUT2D eigenvalue weighted by Crippen LogP contribution is 2.47. The lowest BCUT2D eigenvalue weighted by Crippen LogP contribution is -2.34. The summed E-state index contributed by atoms with van der Waals surface area (Å²) in [6.45, 7) is 6.92. The van der Waals surface area contributed by atoms with Gasteiger partial charge in [0, 0.05) is 62.4 Å². The Hall–Kier alpha value is -3.55. The molecule has 0 saturated heterocycles. The summed E-state index contributed by atoms with van der Waals surface area (Å²) in [7, 11) is 1.69. The largest absolute Gasteiger partial charge is 0.504 e. The van der Waals surface area contributed by atoms with Crippen molar-refractivity contribution in [3.63, 3.8) is 0 Å². The maximum atomic E-state index is 11.3. The van der Waals surface area contributed by atoms with Gasteiger partial charge in [0.05, 0.1) is 12.7 Å². The highest BCUT2D eigenvalue weighted by molar-refractivity contribution is 5.77. The predicted octanol–water partition coefficient (Wildman–Crippen LogP) is 6.14. The maximum absolute atomic E-state index is 11.3. The molecular formula is C46H74N6O6. The standard InChI is InChI=1S/C46H74N6O6/c1-30(25-51-46(48)49-3)8-6-10-32(20-21-47)9-4-5-13-44-35(28-53)23-36(58-44)17-14-33-15-19-42(55)45(22-33)57-29-43(56)41-24-38-39(27-50-26-31(2)54)37-12-7-11-34(37)16-18-40(38)52-41/h15,19,22-24,30-32,34,37,39,43,50,52-56H,4-14,16-18,20-21,25-29,47H2,1-3H3,(H3,48,49,51)/t30-,31+,32-,34-,37+,39-,43+/m1/s1. The average Bonchev–Trinajstić information content (AvgIpc) is 3.95. The van der Waals surface area contributed by atoms with Crippen LogP contribution in [0.2, 0.25) is 0 Å². The third kappa shape index (κ3) is 13.5. The molecule has 12 nitrogen and oxygen atoms in total. The number of aromatic hydroxyl groups is 1. The molecule has 2 aliphatic carbocycles. The van der Waals surface area contributed by atoms with Gasteiger partial charge in [0.1, 0.15) is 24.2 Å². The van der Waals surface area contributed by atoms with E-state index in [1.54, 1.807) is 20.0 Å². The molecule has 12 heteroatoms. The average molecular weight is 807 g/mol. The second kappa shape index (κ2) is 23.3. The number of unbranched alkanes of at least 4 members (excludes halogenated alkanes) is 1. The molecule has 11 N–H and O–H groups in total. The molecular weight excluding hydrogens is 733 g/mol. The number of rotatable bonds is 25. The number of fused-ring (bicyclic) bond motifs is 2. The molecule has 0 unspecified atom stereocenters. The zero-order valence-electron chi connectivity index (χ0n) is 35.5. The number of aliphatic hydroxyl groups excluding tert-OH is 3. The molecule has 0 spiro atoms. The minimum Gasteiger partial charge on any atom is -0.504 e. The topological polar surface area (TPSA) is 208 Å². The van der Waals surface area contributed by atoms with Crippen LogP contribution in [-0.2, 0) is 32.3 Å². The van der Waals surface area contributed by atoms with Gasteiger partial charge < -0.3 is 56.7 Å². The van der Waals surface area contributed by atoms with E-state index in [1.165, 1.54) is 43.4 Å². The van der Waals surface area contributed by atoms with Crippen molar-refractivity contribution < 1.29 is 29.6 Å². The summed E-state index contributed by atoms with van der Waals surface area (Å²) < 4.78 is 12.3. The number of aromatic nitrogens is 1. The third-order valence-corrected chi connectivity index (χ3v) is 12.7. The van der Waals surface area contributed by atoms with Crippen molar-refractivity contribution in [1.29, 1.82) is 0 Å². The Kier molecular flexibility index (Phi) is 18.3. The normalized spacial score (nSPS) is 20.3. The Morgan fingerprint density at radius 1 is 1.00 bits per heavy atom. The lowest BCUT2D eigenvalue weighted by Gasteiger charge is -2.27. The number of H-pyrrole nitrogens is 1. The second-order valence-electron chi connectivity index (χ2n) is 17.3. The first-order valence-electron chi connectivity index (χ1n) is 22.2. The number of hydrogen-bond acceptors (Lipinski definition) is 9. The van der Waals surface area contributed by atoms with Crippen LogP contribution in [0.1, 0.15) is 136 Å². The summed E-state index contributed by atoms with van der Waals surface area (Å²) in [5, 5.41) is 48.5. The molecule has 5 rings (SSSR count). The van der Waals surface area contributed by atoms with E-state index in [1.807, 2.05) is 18.2 Å². The number of nitrogens with two attached hydrogens (primary N) is 2. The van der Waals surface area contributed by atoms with Gasteiger partial charge >= 0.3 is 0 Å². The summed E-state index contributed by atoms with van der Waals surface area (Å²) in [5.74, 6) is 5.36. The zero-order valence-corrected chi connectivity index (χ0v) is 35.5. The van der Waals surface area contributed by atoms with Gasteiger partial charge in [-0.25, -0.2) is 0 Å². The van der Waals surface area contributed by atoms with Crippen molar-refractivity contribution >= 4 is 5.96 Å². The van der Waals surface area contributed by atoms with Crippen LogP contribution in [-0.4, -0.2) is 77.3 Å². The Bertz CT molecular complexity index is 1690. The van der Waals surface area contributed by atoms with Gasteiger partial charge in [-0.2, -0.15) is 0 Å². The van der Waals surface area contributed by atoms with Crippen LogP contribution in [0.25, 0.3) is 0 Å². The van der Waals surface area contributed by atoms with E-state index >= 15 is 0 Å².